The Morgan fingerprint density at radius 2 is 0.714 bits per heavy atom. The third kappa shape index (κ3) is 10.5. The van der Waals surface area contributed by atoms with Gasteiger partial charge in [0.05, 0.1) is 19.8 Å². The van der Waals surface area contributed by atoms with Gasteiger partial charge in [-0.1, -0.05) is 41.5 Å². The van der Waals surface area contributed by atoms with E-state index in [0.29, 0.717) is 0 Å². The lowest BCUT2D eigenvalue weighted by atomic mass is 9.99. The molecule has 1 rings (SSSR count). The number of carbonyl (C=O) groups is 6. The topological polar surface area (TPSA) is 166 Å². The molecule has 12 heteroatoms. The van der Waals surface area contributed by atoms with Gasteiger partial charge in [0.25, 0.3) is 17.7 Å². The maximum atomic E-state index is 13.3. The number of benzene rings is 1. The molecule has 0 aliphatic rings. The molecule has 3 atom stereocenters. The highest BCUT2D eigenvalue weighted by molar-refractivity contribution is 6.06. The monoisotopic (exact) mass is 591 g/mol. The number of carbonyl (C=O) groups excluding carboxylic acids is 6. The Labute approximate surface area is 247 Å². The Balaban J connectivity index is 3.57. The molecule has 1 aromatic carbocycles. The van der Waals surface area contributed by atoms with Crippen molar-refractivity contribution >= 4 is 35.6 Å². The van der Waals surface area contributed by atoms with Crippen molar-refractivity contribution in [2.45, 2.75) is 80.4 Å². The second kappa shape index (κ2) is 17.1. The number of rotatable bonds is 15. The Kier molecular flexibility index (Phi) is 14.7. The summed E-state index contributed by atoms with van der Waals surface area (Å²) in [6, 6.07) is 0.773. The third-order valence-corrected chi connectivity index (χ3v) is 6.20. The predicted molar refractivity (Wildman–Crippen MR) is 155 cm³/mol. The van der Waals surface area contributed by atoms with Crippen LogP contribution in [0.3, 0.4) is 0 Å². The first-order chi connectivity index (χ1) is 19.7. The molecule has 3 unspecified atom stereocenters. The smallest absolute Gasteiger partial charge is 0.328 e. The van der Waals surface area contributed by atoms with Crippen LogP contribution in [0, 0.1) is 17.8 Å². The van der Waals surface area contributed by atoms with E-state index in [4.69, 9.17) is 14.2 Å². The second-order valence-corrected chi connectivity index (χ2v) is 10.6. The Morgan fingerprint density at radius 1 is 0.500 bits per heavy atom. The highest BCUT2D eigenvalue weighted by atomic mass is 16.5. The van der Waals surface area contributed by atoms with E-state index in [9.17, 15) is 28.8 Å². The summed E-state index contributed by atoms with van der Waals surface area (Å²) in [5.41, 5.74) is -0.299. The fourth-order valence-electron chi connectivity index (χ4n) is 3.88. The van der Waals surface area contributed by atoms with Crippen LogP contribution in [0.2, 0.25) is 0 Å². The van der Waals surface area contributed by atoms with Crippen LogP contribution in [-0.2, 0) is 28.6 Å². The third-order valence-electron chi connectivity index (χ3n) is 6.20. The summed E-state index contributed by atoms with van der Waals surface area (Å²) in [6.07, 6.45) is 0. The van der Waals surface area contributed by atoms with Crippen LogP contribution in [0.1, 0.15) is 93.4 Å². The zero-order chi connectivity index (χ0) is 32.1. The maximum absolute atomic E-state index is 13.3. The minimum Gasteiger partial charge on any atom is -0.464 e. The van der Waals surface area contributed by atoms with Crippen LogP contribution in [0.15, 0.2) is 18.2 Å². The molecular weight excluding hydrogens is 546 g/mol. The van der Waals surface area contributed by atoms with Crippen molar-refractivity contribution < 1.29 is 43.0 Å². The summed E-state index contributed by atoms with van der Waals surface area (Å²) < 4.78 is 15.2. The molecule has 0 aromatic heterocycles. The molecule has 0 aliphatic carbocycles. The number of esters is 3. The van der Waals surface area contributed by atoms with Crippen molar-refractivity contribution in [1.82, 2.24) is 16.0 Å². The molecular formula is C30H45N3O9. The van der Waals surface area contributed by atoms with Crippen molar-refractivity contribution in [2.75, 3.05) is 19.8 Å². The van der Waals surface area contributed by atoms with Crippen LogP contribution in [0.25, 0.3) is 0 Å². The Bertz CT molecular complexity index is 981. The van der Waals surface area contributed by atoms with Crippen molar-refractivity contribution in [2.24, 2.45) is 17.8 Å². The van der Waals surface area contributed by atoms with Crippen LogP contribution in [-0.4, -0.2) is 73.6 Å². The van der Waals surface area contributed by atoms with E-state index in [-0.39, 0.29) is 54.3 Å². The highest BCUT2D eigenvalue weighted by Gasteiger charge is 2.30. The van der Waals surface area contributed by atoms with Gasteiger partial charge in [0, 0.05) is 16.7 Å². The van der Waals surface area contributed by atoms with Crippen molar-refractivity contribution in [1.29, 1.82) is 0 Å². The first kappa shape index (κ1) is 36.1. The number of hydrogen-bond donors (Lipinski definition) is 3. The fraction of sp³-hybridized carbons (Fsp3) is 0.600. The molecule has 1 aromatic rings. The van der Waals surface area contributed by atoms with Gasteiger partial charge < -0.3 is 30.2 Å². The molecule has 3 N–H and O–H groups in total. The van der Waals surface area contributed by atoms with Crippen molar-refractivity contribution in [3.63, 3.8) is 0 Å². The number of hydrogen-bond acceptors (Lipinski definition) is 9. The molecule has 12 nitrogen and oxygen atoms in total. The van der Waals surface area contributed by atoms with Crippen LogP contribution >= 0.6 is 0 Å². The lowest BCUT2D eigenvalue weighted by Crippen LogP contribution is -2.47. The molecule has 0 radical (unpaired) electrons. The standard InChI is InChI=1S/C30H45N3O9/c1-10-40-28(37)22(16(4)5)31-25(34)19-13-20(26(35)32-23(17(6)7)29(38)41-11-2)15-21(14-19)27(36)33-24(18(8)9)30(39)42-12-3/h13-18,22-24H,10-12H2,1-9H3,(H,31,34)(H,32,35)(H,33,36). The van der Waals surface area contributed by atoms with E-state index in [1.807, 2.05) is 0 Å². The lowest BCUT2D eigenvalue weighted by Gasteiger charge is -2.23. The second-order valence-electron chi connectivity index (χ2n) is 10.6. The average molecular weight is 592 g/mol. The van der Waals surface area contributed by atoms with E-state index in [1.54, 1.807) is 62.3 Å². The number of ether oxygens (including phenoxy) is 3. The summed E-state index contributed by atoms with van der Waals surface area (Å²) in [7, 11) is 0. The molecule has 0 saturated heterocycles. The fourth-order valence-corrected chi connectivity index (χ4v) is 3.88. The van der Waals surface area contributed by atoms with Gasteiger partial charge in [-0.3, -0.25) is 14.4 Å². The number of nitrogens with one attached hydrogen (secondary N) is 3. The van der Waals surface area contributed by atoms with Gasteiger partial charge in [0.2, 0.25) is 0 Å². The van der Waals surface area contributed by atoms with Crippen LogP contribution in [0.4, 0.5) is 0 Å². The van der Waals surface area contributed by atoms with E-state index in [0.717, 1.165) is 0 Å². The number of amides is 3. The summed E-state index contributed by atoms with van der Waals surface area (Å²) in [5, 5.41) is 7.84. The van der Waals surface area contributed by atoms with Gasteiger partial charge in [-0.25, -0.2) is 14.4 Å². The Hall–Kier alpha value is -3.96. The van der Waals surface area contributed by atoms with Gasteiger partial charge in [0.15, 0.2) is 0 Å². The predicted octanol–water partition coefficient (Wildman–Crippen LogP) is 2.64. The van der Waals surface area contributed by atoms with Gasteiger partial charge >= 0.3 is 17.9 Å². The van der Waals surface area contributed by atoms with Crippen molar-refractivity contribution in [3.8, 4) is 0 Å². The summed E-state index contributed by atoms with van der Waals surface area (Å²) in [4.78, 5) is 77.4. The van der Waals surface area contributed by atoms with Gasteiger partial charge in [-0.2, -0.15) is 0 Å². The molecule has 0 saturated carbocycles. The average Bonchev–Trinajstić information content (AvgIpc) is 2.92. The lowest BCUT2D eigenvalue weighted by molar-refractivity contribution is -0.147. The molecule has 0 heterocycles. The van der Waals surface area contributed by atoms with Gasteiger partial charge in [-0.15, -0.1) is 0 Å². The zero-order valence-electron chi connectivity index (χ0n) is 26.0. The van der Waals surface area contributed by atoms with Gasteiger partial charge in [0.1, 0.15) is 18.1 Å². The Morgan fingerprint density at radius 3 is 0.881 bits per heavy atom. The van der Waals surface area contributed by atoms with Gasteiger partial charge in [-0.05, 0) is 56.7 Å². The van der Waals surface area contributed by atoms with E-state index in [2.05, 4.69) is 16.0 Å². The molecule has 3 amide bonds. The van der Waals surface area contributed by atoms with Crippen LogP contribution in [0.5, 0.6) is 0 Å². The SMILES string of the molecule is CCOC(=O)C(NC(=O)c1cc(C(=O)NC(C(=O)OCC)C(C)C)cc(C(=O)NC(C(=O)OCC)C(C)C)c1)C(C)C. The molecule has 234 valence electrons. The summed E-state index contributed by atoms with van der Waals surface area (Å²) in [6.45, 7) is 15.7. The van der Waals surface area contributed by atoms with Crippen LogP contribution < -0.4 is 16.0 Å². The first-order valence-electron chi connectivity index (χ1n) is 14.3. The largest absolute Gasteiger partial charge is 0.464 e. The first-order valence-corrected chi connectivity index (χ1v) is 14.3. The van der Waals surface area contributed by atoms with Crippen molar-refractivity contribution in [3.05, 3.63) is 34.9 Å². The summed E-state index contributed by atoms with van der Waals surface area (Å²) >= 11 is 0. The minimum absolute atomic E-state index is 0.0998. The minimum atomic E-state index is -0.990. The normalized spacial score (nSPS) is 13.1. The highest BCUT2D eigenvalue weighted by Crippen LogP contribution is 2.16. The van der Waals surface area contributed by atoms with E-state index < -0.39 is 53.8 Å². The zero-order valence-corrected chi connectivity index (χ0v) is 26.0. The molecule has 0 fully saturated rings. The molecule has 0 spiro atoms. The molecule has 0 bridgehead atoms. The molecule has 0 aliphatic heterocycles. The van der Waals surface area contributed by atoms with E-state index in [1.165, 1.54) is 18.2 Å². The van der Waals surface area contributed by atoms with E-state index >= 15 is 0 Å². The maximum Gasteiger partial charge on any atom is 0.328 e. The molecule has 42 heavy (non-hydrogen) atoms. The summed E-state index contributed by atoms with van der Waals surface area (Å²) in [5.74, 6) is -5.06. The quantitative estimate of drug-likeness (QED) is 0.205.